The third-order valence-electron chi connectivity index (χ3n) is 2.30. The fourth-order valence-electron chi connectivity index (χ4n) is 1.23. The molecule has 0 aromatic carbocycles. The van der Waals surface area contributed by atoms with Crippen molar-refractivity contribution >= 4 is 5.91 Å². The van der Waals surface area contributed by atoms with E-state index in [2.05, 4.69) is 13.0 Å². The van der Waals surface area contributed by atoms with Gasteiger partial charge in [-0.25, -0.2) is 0 Å². The molecule has 0 aliphatic rings. The molecule has 0 radical (unpaired) electrons. The smallest absolute Gasteiger partial charge is 0.239 e. The van der Waals surface area contributed by atoms with E-state index in [9.17, 15) is 4.79 Å². The van der Waals surface area contributed by atoms with Crippen molar-refractivity contribution in [1.29, 1.82) is 5.26 Å². The second-order valence-electron chi connectivity index (χ2n) is 3.96. The molecule has 3 heteroatoms. The van der Waals surface area contributed by atoms with Gasteiger partial charge in [0.05, 0.1) is 6.07 Å². The topological polar surface area (TPSA) is 44.1 Å². The van der Waals surface area contributed by atoms with Crippen molar-refractivity contribution in [2.24, 2.45) is 11.8 Å². The summed E-state index contributed by atoms with van der Waals surface area (Å²) in [6.07, 6.45) is 2.06. The largest absolute Gasteiger partial charge is 0.345 e. The Morgan fingerprint density at radius 3 is 2.43 bits per heavy atom. The molecule has 0 aromatic rings. The summed E-state index contributed by atoms with van der Waals surface area (Å²) >= 11 is 0. The van der Waals surface area contributed by atoms with E-state index >= 15 is 0 Å². The minimum Gasteiger partial charge on any atom is -0.345 e. The molecule has 0 spiro atoms. The summed E-state index contributed by atoms with van der Waals surface area (Å²) in [6, 6.07) is 2.07. The second-order valence-corrected chi connectivity index (χ2v) is 3.96. The number of carbonyl (C=O) groups is 1. The molecule has 1 atom stereocenters. The highest BCUT2D eigenvalue weighted by atomic mass is 16.2. The molecule has 1 unspecified atom stereocenters. The molecule has 0 saturated carbocycles. The molecule has 0 N–H and O–H groups in total. The number of rotatable bonds is 5. The van der Waals surface area contributed by atoms with E-state index in [1.807, 2.05) is 13.8 Å². The first-order valence-corrected chi connectivity index (χ1v) is 5.19. The lowest BCUT2D eigenvalue weighted by Crippen LogP contribution is -2.35. The van der Waals surface area contributed by atoms with Crippen LogP contribution in [-0.4, -0.2) is 24.4 Å². The number of carbonyl (C=O) groups excluding carboxylic acids is 1. The molecule has 0 rings (SSSR count). The lowest BCUT2D eigenvalue weighted by atomic mass is 9.96. The van der Waals surface area contributed by atoms with Gasteiger partial charge in [0.1, 0.15) is 5.92 Å². The Kier molecular flexibility index (Phi) is 5.94. The molecule has 0 aliphatic heterocycles. The van der Waals surface area contributed by atoms with Gasteiger partial charge in [-0.05, 0) is 12.3 Å². The van der Waals surface area contributed by atoms with Gasteiger partial charge in [0.15, 0.2) is 0 Å². The Hall–Kier alpha value is -1.04. The number of unbranched alkanes of at least 4 members (excludes halogenated alkanes) is 1. The van der Waals surface area contributed by atoms with Crippen LogP contribution in [0.3, 0.4) is 0 Å². The predicted octanol–water partition coefficient (Wildman–Crippen LogP) is 2.04. The first-order chi connectivity index (χ1) is 6.54. The molecule has 0 aliphatic carbocycles. The van der Waals surface area contributed by atoms with Gasteiger partial charge in [-0.2, -0.15) is 5.26 Å². The Bertz CT molecular complexity index is 218. The molecular weight excluding hydrogens is 176 g/mol. The van der Waals surface area contributed by atoms with Crippen LogP contribution in [0.4, 0.5) is 0 Å². The van der Waals surface area contributed by atoms with Crippen molar-refractivity contribution in [3.05, 3.63) is 0 Å². The van der Waals surface area contributed by atoms with E-state index < -0.39 is 5.92 Å². The van der Waals surface area contributed by atoms with Gasteiger partial charge in [0.2, 0.25) is 5.91 Å². The van der Waals surface area contributed by atoms with Crippen molar-refractivity contribution in [2.75, 3.05) is 13.6 Å². The fraction of sp³-hybridized carbons (Fsp3) is 0.818. The predicted molar refractivity (Wildman–Crippen MR) is 56.5 cm³/mol. The summed E-state index contributed by atoms with van der Waals surface area (Å²) in [5.74, 6) is -0.440. The van der Waals surface area contributed by atoms with Crippen LogP contribution in [0.2, 0.25) is 0 Å². The van der Waals surface area contributed by atoms with Crippen LogP contribution in [0.1, 0.15) is 33.6 Å². The summed E-state index contributed by atoms with van der Waals surface area (Å²) in [4.78, 5) is 13.4. The maximum absolute atomic E-state index is 11.7. The lowest BCUT2D eigenvalue weighted by molar-refractivity contribution is -0.133. The molecule has 0 aromatic heterocycles. The Balaban J connectivity index is 4.22. The number of hydrogen-bond donors (Lipinski definition) is 0. The van der Waals surface area contributed by atoms with Crippen LogP contribution in [0.15, 0.2) is 0 Å². The van der Waals surface area contributed by atoms with E-state index in [0.29, 0.717) is 0 Å². The third kappa shape index (κ3) is 3.78. The Labute approximate surface area is 86.7 Å². The minimum absolute atomic E-state index is 0.0454. The summed E-state index contributed by atoms with van der Waals surface area (Å²) in [6.45, 7) is 6.64. The highest BCUT2D eigenvalue weighted by Gasteiger charge is 2.24. The van der Waals surface area contributed by atoms with Crippen molar-refractivity contribution < 1.29 is 4.79 Å². The van der Waals surface area contributed by atoms with Gasteiger partial charge in [-0.1, -0.05) is 27.2 Å². The van der Waals surface area contributed by atoms with Gasteiger partial charge in [-0.15, -0.1) is 0 Å². The van der Waals surface area contributed by atoms with Crippen molar-refractivity contribution in [1.82, 2.24) is 4.90 Å². The Morgan fingerprint density at radius 1 is 1.50 bits per heavy atom. The van der Waals surface area contributed by atoms with Gasteiger partial charge in [0, 0.05) is 13.6 Å². The maximum atomic E-state index is 11.7. The van der Waals surface area contributed by atoms with Crippen molar-refractivity contribution in [3.63, 3.8) is 0 Å². The van der Waals surface area contributed by atoms with E-state index in [1.54, 1.807) is 11.9 Å². The minimum atomic E-state index is -0.489. The summed E-state index contributed by atoms with van der Waals surface area (Å²) in [7, 11) is 1.77. The van der Waals surface area contributed by atoms with Gasteiger partial charge >= 0.3 is 0 Å². The highest BCUT2D eigenvalue weighted by Crippen LogP contribution is 2.12. The molecular formula is C11H20N2O. The summed E-state index contributed by atoms with van der Waals surface area (Å²) in [5.41, 5.74) is 0. The van der Waals surface area contributed by atoms with Crippen LogP contribution in [0.5, 0.6) is 0 Å². The van der Waals surface area contributed by atoms with Crippen LogP contribution >= 0.6 is 0 Å². The van der Waals surface area contributed by atoms with Gasteiger partial charge in [-0.3, -0.25) is 4.79 Å². The molecule has 3 nitrogen and oxygen atoms in total. The number of nitrogens with zero attached hydrogens (tertiary/aromatic N) is 2. The fourth-order valence-corrected chi connectivity index (χ4v) is 1.23. The van der Waals surface area contributed by atoms with Crippen LogP contribution in [-0.2, 0) is 4.79 Å². The average Bonchev–Trinajstić information content (AvgIpc) is 2.14. The van der Waals surface area contributed by atoms with E-state index in [4.69, 9.17) is 5.26 Å². The zero-order valence-electron chi connectivity index (χ0n) is 9.58. The molecule has 0 fully saturated rings. The second kappa shape index (κ2) is 6.42. The van der Waals surface area contributed by atoms with E-state index in [-0.39, 0.29) is 11.8 Å². The van der Waals surface area contributed by atoms with E-state index in [1.165, 1.54) is 0 Å². The Morgan fingerprint density at radius 2 is 2.07 bits per heavy atom. The average molecular weight is 196 g/mol. The zero-order valence-corrected chi connectivity index (χ0v) is 9.58. The molecule has 80 valence electrons. The standard InChI is InChI=1S/C11H20N2O/c1-5-6-7-13(4)11(14)10(8-12)9(2)3/h9-10H,5-7H2,1-4H3. The number of nitriles is 1. The highest BCUT2D eigenvalue weighted by molar-refractivity contribution is 5.81. The summed E-state index contributed by atoms with van der Waals surface area (Å²) < 4.78 is 0. The SMILES string of the molecule is CCCCN(C)C(=O)C(C#N)C(C)C. The molecule has 0 heterocycles. The molecule has 14 heavy (non-hydrogen) atoms. The quantitative estimate of drug-likeness (QED) is 0.675. The lowest BCUT2D eigenvalue weighted by Gasteiger charge is -2.21. The van der Waals surface area contributed by atoms with Gasteiger partial charge in [0.25, 0.3) is 0 Å². The maximum Gasteiger partial charge on any atom is 0.239 e. The monoisotopic (exact) mass is 196 g/mol. The van der Waals surface area contributed by atoms with Crippen LogP contribution < -0.4 is 0 Å². The first kappa shape index (κ1) is 13.0. The van der Waals surface area contributed by atoms with Gasteiger partial charge < -0.3 is 4.90 Å². The third-order valence-corrected chi connectivity index (χ3v) is 2.30. The molecule has 0 saturated heterocycles. The number of amides is 1. The first-order valence-electron chi connectivity index (χ1n) is 5.19. The normalized spacial score (nSPS) is 12.3. The van der Waals surface area contributed by atoms with Crippen molar-refractivity contribution in [3.8, 4) is 6.07 Å². The molecule has 0 bridgehead atoms. The van der Waals surface area contributed by atoms with Crippen LogP contribution in [0, 0.1) is 23.2 Å². The van der Waals surface area contributed by atoms with Crippen molar-refractivity contribution in [2.45, 2.75) is 33.6 Å². The van der Waals surface area contributed by atoms with Crippen LogP contribution in [0.25, 0.3) is 0 Å². The molecule has 1 amide bonds. The zero-order chi connectivity index (χ0) is 11.1. The number of hydrogen-bond acceptors (Lipinski definition) is 2. The van der Waals surface area contributed by atoms with E-state index in [0.717, 1.165) is 19.4 Å². The summed E-state index contributed by atoms with van der Waals surface area (Å²) in [5, 5.41) is 8.84.